The van der Waals surface area contributed by atoms with Crippen LogP contribution in [-0.2, 0) is 5.75 Å². The zero-order valence-electron chi connectivity index (χ0n) is 8.97. The van der Waals surface area contributed by atoms with E-state index in [1.165, 1.54) is 6.07 Å². The molecule has 0 aliphatic heterocycles. The summed E-state index contributed by atoms with van der Waals surface area (Å²) < 4.78 is 27.6. The highest BCUT2D eigenvalue weighted by Crippen LogP contribution is 2.18. The van der Waals surface area contributed by atoms with Crippen molar-refractivity contribution in [2.24, 2.45) is 0 Å². The Balaban J connectivity index is 2.75. The molecule has 0 spiro atoms. The van der Waals surface area contributed by atoms with E-state index in [1.54, 1.807) is 0 Å². The fourth-order valence-electron chi connectivity index (χ4n) is 1.45. The van der Waals surface area contributed by atoms with Crippen LogP contribution in [-0.4, -0.2) is 14.9 Å². The lowest BCUT2D eigenvalue weighted by Crippen LogP contribution is -2.23. The second kappa shape index (κ2) is 4.77. The predicted molar refractivity (Wildman–Crippen MR) is 64.1 cm³/mol. The minimum atomic E-state index is -0.916. The van der Waals surface area contributed by atoms with E-state index in [2.05, 4.69) is 17.7 Å². The first-order chi connectivity index (χ1) is 8.54. The van der Waals surface area contributed by atoms with Crippen LogP contribution in [0.3, 0.4) is 0 Å². The average Bonchev–Trinajstić information content (AvgIpc) is 2.31. The number of para-hydroxylation sites is 1. The van der Waals surface area contributed by atoms with Crippen LogP contribution in [0.4, 0.5) is 8.78 Å². The normalized spacial score (nSPS) is 10.6. The topological polar surface area (TPSA) is 55.1 Å². The predicted octanol–water partition coefficient (Wildman–Crippen LogP) is 1.65. The molecule has 18 heavy (non-hydrogen) atoms. The fourth-order valence-corrected chi connectivity index (χ4v) is 1.67. The van der Waals surface area contributed by atoms with Crippen LogP contribution in [0.1, 0.15) is 5.69 Å². The average molecular weight is 270 g/mol. The van der Waals surface area contributed by atoms with E-state index in [-0.39, 0.29) is 17.2 Å². The maximum Gasteiger partial charge on any atom is 0.275 e. The highest BCUT2D eigenvalue weighted by Gasteiger charge is 2.15. The molecule has 4 nitrogen and oxygen atoms in total. The van der Waals surface area contributed by atoms with Crippen LogP contribution < -0.4 is 5.56 Å². The van der Waals surface area contributed by atoms with Crippen LogP contribution in [0.2, 0.25) is 0 Å². The van der Waals surface area contributed by atoms with Gasteiger partial charge < -0.3 is 5.11 Å². The van der Waals surface area contributed by atoms with Crippen LogP contribution in [0.15, 0.2) is 29.1 Å². The summed E-state index contributed by atoms with van der Waals surface area (Å²) >= 11 is 3.90. The third kappa shape index (κ3) is 2.08. The van der Waals surface area contributed by atoms with E-state index < -0.39 is 22.9 Å². The van der Waals surface area contributed by atoms with Gasteiger partial charge >= 0.3 is 0 Å². The van der Waals surface area contributed by atoms with Crippen molar-refractivity contribution in [3.8, 4) is 11.4 Å². The number of thiol groups is 1. The van der Waals surface area contributed by atoms with Crippen molar-refractivity contribution in [2.45, 2.75) is 5.75 Å². The Morgan fingerprint density at radius 2 is 1.94 bits per heavy atom. The number of halogens is 2. The quantitative estimate of drug-likeness (QED) is 0.816. The first-order valence-corrected chi connectivity index (χ1v) is 5.55. The molecule has 2 aromatic rings. The molecule has 0 bridgehead atoms. The Kier molecular flexibility index (Phi) is 3.33. The van der Waals surface area contributed by atoms with Crippen molar-refractivity contribution in [3.05, 3.63) is 51.9 Å². The number of aromatic nitrogens is 2. The molecule has 0 saturated carbocycles. The van der Waals surface area contributed by atoms with Gasteiger partial charge in [0.2, 0.25) is 0 Å². The molecule has 0 amide bonds. The second-order valence-electron chi connectivity index (χ2n) is 3.45. The van der Waals surface area contributed by atoms with Gasteiger partial charge in [-0.1, -0.05) is 6.07 Å². The molecule has 0 aliphatic carbocycles. The summed E-state index contributed by atoms with van der Waals surface area (Å²) in [5.41, 5.74) is -1.35. The van der Waals surface area contributed by atoms with Gasteiger partial charge in [-0.25, -0.2) is 8.78 Å². The van der Waals surface area contributed by atoms with Crippen molar-refractivity contribution in [1.82, 2.24) is 9.78 Å². The van der Waals surface area contributed by atoms with E-state index in [0.29, 0.717) is 4.68 Å². The lowest BCUT2D eigenvalue weighted by Gasteiger charge is -2.09. The Labute approximate surface area is 106 Å². The van der Waals surface area contributed by atoms with Gasteiger partial charge in [0.25, 0.3) is 5.56 Å². The molecule has 0 fully saturated rings. The number of aromatic hydroxyl groups is 1. The first-order valence-electron chi connectivity index (χ1n) is 4.92. The number of benzene rings is 1. The van der Waals surface area contributed by atoms with Gasteiger partial charge in [-0.15, -0.1) is 0 Å². The summed E-state index contributed by atoms with van der Waals surface area (Å²) in [7, 11) is 0. The van der Waals surface area contributed by atoms with Crippen LogP contribution in [0.5, 0.6) is 5.75 Å². The highest BCUT2D eigenvalue weighted by molar-refractivity contribution is 7.79. The SMILES string of the molecule is O=c1cc(O)c(CS)nn1-c1c(F)cccc1F. The zero-order valence-corrected chi connectivity index (χ0v) is 9.86. The Morgan fingerprint density at radius 3 is 2.50 bits per heavy atom. The van der Waals surface area contributed by atoms with Crippen molar-refractivity contribution >= 4 is 12.6 Å². The third-order valence-electron chi connectivity index (χ3n) is 2.28. The molecule has 2 rings (SSSR count). The zero-order chi connectivity index (χ0) is 13.3. The first kappa shape index (κ1) is 12.6. The van der Waals surface area contributed by atoms with Gasteiger partial charge in [0.05, 0.1) is 0 Å². The molecule has 1 heterocycles. The number of nitrogens with zero attached hydrogens (tertiary/aromatic N) is 2. The van der Waals surface area contributed by atoms with Crippen molar-refractivity contribution in [2.75, 3.05) is 0 Å². The van der Waals surface area contributed by atoms with E-state index in [4.69, 9.17) is 0 Å². The smallest absolute Gasteiger partial charge is 0.275 e. The molecule has 0 unspecified atom stereocenters. The van der Waals surface area contributed by atoms with Crippen molar-refractivity contribution in [1.29, 1.82) is 0 Å². The minimum Gasteiger partial charge on any atom is -0.506 e. The van der Waals surface area contributed by atoms with Crippen molar-refractivity contribution in [3.63, 3.8) is 0 Å². The molecule has 1 aromatic carbocycles. The van der Waals surface area contributed by atoms with Crippen molar-refractivity contribution < 1.29 is 13.9 Å². The van der Waals surface area contributed by atoms with E-state index in [1.807, 2.05) is 0 Å². The maximum atomic E-state index is 13.5. The Hall–Kier alpha value is -1.89. The molecule has 0 saturated heterocycles. The largest absolute Gasteiger partial charge is 0.506 e. The Bertz CT molecular complexity index is 638. The van der Waals surface area contributed by atoms with Gasteiger partial charge in [-0.05, 0) is 12.1 Å². The van der Waals surface area contributed by atoms with Crippen LogP contribution in [0.25, 0.3) is 5.69 Å². The fraction of sp³-hybridized carbons (Fsp3) is 0.0909. The van der Waals surface area contributed by atoms with Gasteiger partial charge in [0.15, 0.2) is 11.6 Å². The van der Waals surface area contributed by atoms with Gasteiger partial charge in [-0.2, -0.15) is 22.4 Å². The summed E-state index contributed by atoms with van der Waals surface area (Å²) in [4.78, 5) is 11.6. The molecule has 1 aromatic heterocycles. The summed E-state index contributed by atoms with van der Waals surface area (Å²) in [6.45, 7) is 0. The molecular formula is C11H8F2N2O2S. The lowest BCUT2D eigenvalue weighted by atomic mass is 10.3. The molecule has 94 valence electrons. The van der Waals surface area contributed by atoms with E-state index >= 15 is 0 Å². The number of hydrogen-bond acceptors (Lipinski definition) is 4. The summed E-state index contributed by atoms with van der Waals surface area (Å²) in [6, 6.07) is 4.04. The lowest BCUT2D eigenvalue weighted by molar-refractivity contribution is 0.458. The molecule has 0 radical (unpaired) electrons. The molecule has 0 atom stereocenters. The second-order valence-corrected chi connectivity index (χ2v) is 3.77. The van der Waals surface area contributed by atoms with Crippen LogP contribution in [0, 0.1) is 11.6 Å². The molecular weight excluding hydrogens is 262 g/mol. The molecule has 0 aliphatic rings. The summed E-state index contributed by atoms with van der Waals surface area (Å²) in [6.07, 6.45) is 0. The third-order valence-corrected chi connectivity index (χ3v) is 2.58. The number of hydrogen-bond donors (Lipinski definition) is 2. The minimum absolute atomic E-state index is 0.0299. The summed E-state index contributed by atoms with van der Waals surface area (Å²) in [5, 5.41) is 13.1. The van der Waals surface area contributed by atoms with Crippen LogP contribution >= 0.6 is 12.6 Å². The molecule has 7 heteroatoms. The monoisotopic (exact) mass is 270 g/mol. The summed E-state index contributed by atoms with van der Waals surface area (Å²) in [5.74, 6) is -2.16. The maximum absolute atomic E-state index is 13.5. The molecule has 1 N–H and O–H groups in total. The van der Waals surface area contributed by atoms with E-state index in [0.717, 1.165) is 18.2 Å². The number of rotatable bonds is 2. The van der Waals surface area contributed by atoms with Gasteiger partial charge in [-0.3, -0.25) is 4.79 Å². The highest BCUT2D eigenvalue weighted by atomic mass is 32.1. The van der Waals surface area contributed by atoms with Gasteiger partial charge in [0.1, 0.15) is 17.1 Å². The van der Waals surface area contributed by atoms with Gasteiger partial charge in [0, 0.05) is 11.8 Å². The van der Waals surface area contributed by atoms with E-state index in [9.17, 15) is 18.7 Å². The Morgan fingerprint density at radius 1 is 1.33 bits per heavy atom. The standard InChI is InChI=1S/C11H8F2N2O2S/c12-6-2-1-3-7(13)11(6)15-10(17)4-9(16)8(5-18)14-15/h1-4,16,18H,5H2.